The summed E-state index contributed by atoms with van der Waals surface area (Å²) in [6.45, 7) is 0.469. The molecule has 0 saturated heterocycles. The highest BCUT2D eigenvalue weighted by atomic mass is 35.5. The third-order valence-corrected chi connectivity index (χ3v) is 2.41. The molecule has 0 N–H and O–H groups in total. The molecule has 0 heterocycles. The molecule has 0 bridgehead atoms. The second kappa shape index (κ2) is 7.01. The number of benzene rings is 1. The largest absolute Gasteiger partial charge is 0.493 e. The van der Waals surface area contributed by atoms with Crippen molar-refractivity contribution in [1.29, 1.82) is 0 Å². The van der Waals surface area contributed by atoms with Gasteiger partial charge in [0.2, 0.25) is 5.75 Å². The van der Waals surface area contributed by atoms with E-state index in [0.717, 1.165) is 12.7 Å². The van der Waals surface area contributed by atoms with E-state index in [0.29, 0.717) is 35.3 Å². The van der Waals surface area contributed by atoms with Gasteiger partial charge >= 0.3 is 0 Å². The van der Waals surface area contributed by atoms with Crippen LogP contribution in [0.15, 0.2) is 12.1 Å². The maximum atomic E-state index is 10.7. The second-order valence-electron chi connectivity index (χ2n) is 3.26. The Morgan fingerprint density at radius 2 is 1.82 bits per heavy atom. The van der Waals surface area contributed by atoms with Gasteiger partial charge in [0.1, 0.15) is 6.29 Å². The van der Waals surface area contributed by atoms with Crippen LogP contribution in [0.2, 0.25) is 0 Å². The first-order valence-corrected chi connectivity index (χ1v) is 5.70. The number of hydrogen-bond donors (Lipinski definition) is 0. The molecule has 0 aromatic heterocycles. The molecular weight excluding hydrogens is 244 g/mol. The van der Waals surface area contributed by atoms with E-state index < -0.39 is 0 Å². The van der Waals surface area contributed by atoms with Crippen LogP contribution < -0.4 is 14.2 Å². The van der Waals surface area contributed by atoms with Gasteiger partial charge in [-0.05, 0) is 18.6 Å². The Morgan fingerprint density at radius 1 is 1.24 bits per heavy atom. The van der Waals surface area contributed by atoms with Crippen LogP contribution >= 0.6 is 11.6 Å². The first kappa shape index (κ1) is 13.6. The molecule has 1 rings (SSSR count). The molecule has 0 unspecified atom stereocenters. The molecule has 0 amide bonds. The molecule has 0 fully saturated rings. The zero-order valence-corrected chi connectivity index (χ0v) is 10.6. The average Bonchev–Trinajstić information content (AvgIpc) is 2.38. The summed E-state index contributed by atoms with van der Waals surface area (Å²) in [5.74, 6) is 1.96. The zero-order valence-electron chi connectivity index (χ0n) is 9.86. The molecule has 0 aliphatic heterocycles. The molecule has 1 aromatic rings. The SMILES string of the molecule is COc1cc(C=O)cc(OC)c1OCCCCl. The minimum atomic E-state index is 0.469. The highest BCUT2D eigenvalue weighted by molar-refractivity contribution is 6.17. The Hall–Kier alpha value is -1.42. The van der Waals surface area contributed by atoms with Gasteiger partial charge in [0.25, 0.3) is 0 Å². The standard InChI is InChI=1S/C12H15ClO4/c1-15-10-6-9(8-14)7-11(16-2)12(10)17-5-3-4-13/h6-8H,3-5H2,1-2H3. The number of hydrogen-bond acceptors (Lipinski definition) is 4. The van der Waals surface area contributed by atoms with E-state index in [1.54, 1.807) is 12.1 Å². The van der Waals surface area contributed by atoms with E-state index >= 15 is 0 Å². The molecule has 94 valence electrons. The summed E-state index contributed by atoms with van der Waals surface area (Å²) < 4.78 is 15.9. The fourth-order valence-electron chi connectivity index (χ4n) is 1.34. The van der Waals surface area contributed by atoms with Crippen LogP contribution in [0.3, 0.4) is 0 Å². The van der Waals surface area contributed by atoms with Crippen molar-refractivity contribution in [3.63, 3.8) is 0 Å². The van der Waals surface area contributed by atoms with E-state index in [1.165, 1.54) is 14.2 Å². The fraction of sp³-hybridized carbons (Fsp3) is 0.417. The molecule has 1 aromatic carbocycles. The third kappa shape index (κ3) is 3.53. The number of aldehydes is 1. The van der Waals surface area contributed by atoms with Crippen LogP contribution in [0, 0.1) is 0 Å². The number of carbonyl (C=O) groups excluding carboxylic acids is 1. The topological polar surface area (TPSA) is 44.8 Å². The maximum Gasteiger partial charge on any atom is 0.203 e. The highest BCUT2D eigenvalue weighted by Gasteiger charge is 2.13. The quantitative estimate of drug-likeness (QED) is 0.428. The minimum absolute atomic E-state index is 0.469. The molecule has 0 radical (unpaired) electrons. The molecule has 0 aliphatic rings. The van der Waals surface area contributed by atoms with Gasteiger partial charge in [-0.2, -0.15) is 0 Å². The Morgan fingerprint density at radius 3 is 2.24 bits per heavy atom. The Balaban J connectivity index is 3.01. The fourth-order valence-corrected chi connectivity index (χ4v) is 1.45. The monoisotopic (exact) mass is 258 g/mol. The Labute approximate surface area is 105 Å². The van der Waals surface area contributed by atoms with Gasteiger partial charge < -0.3 is 14.2 Å². The molecule has 4 nitrogen and oxygen atoms in total. The average molecular weight is 259 g/mol. The number of halogens is 1. The minimum Gasteiger partial charge on any atom is -0.493 e. The van der Waals surface area contributed by atoms with Crippen molar-refractivity contribution in [3.8, 4) is 17.2 Å². The predicted molar refractivity (Wildman–Crippen MR) is 65.8 cm³/mol. The lowest BCUT2D eigenvalue weighted by Crippen LogP contribution is -2.02. The van der Waals surface area contributed by atoms with Crippen LogP contribution in [0.5, 0.6) is 17.2 Å². The smallest absolute Gasteiger partial charge is 0.203 e. The first-order valence-electron chi connectivity index (χ1n) is 5.16. The lowest BCUT2D eigenvalue weighted by molar-refractivity contribution is 0.112. The molecule has 17 heavy (non-hydrogen) atoms. The van der Waals surface area contributed by atoms with Gasteiger partial charge in [-0.15, -0.1) is 11.6 Å². The van der Waals surface area contributed by atoms with Crippen LogP contribution in [-0.4, -0.2) is 33.0 Å². The van der Waals surface area contributed by atoms with Gasteiger partial charge in [0.15, 0.2) is 11.5 Å². The third-order valence-electron chi connectivity index (χ3n) is 2.14. The van der Waals surface area contributed by atoms with Crippen LogP contribution in [0.1, 0.15) is 16.8 Å². The predicted octanol–water partition coefficient (Wildman–Crippen LogP) is 2.52. The summed E-state index contributed by atoms with van der Waals surface area (Å²) in [5, 5.41) is 0. The summed E-state index contributed by atoms with van der Waals surface area (Å²) in [6, 6.07) is 3.21. The molecule has 0 aliphatic carbocycles. The summed E-state index contributed by atoms with van der Waals surface area (Å²) in [7, 11) is 3.02. The number of alkyl halides is 1. The van der Waals surface area contributed by atoms with Gasteiger partial charge in [-0.25, -0.2) is 0 Å². The molecule has 0 saturated carbocycles. The van der Waals surface area contributed by atoms with E-state index in [2.05, 4.69) is 0 Å². The Kier molecular flexibility index (Phi) is 5.63. The molecule has 0 atom stereocenters. The van der Waals surface area contributed by atoms with E-state index in [-0.39, 0.29) is 0 Å². The molecular formula is C12H15ClO4. The van der Waals surface area contributed by atoms with Crippen LogP contribution in [0.25, 0.3) is 0 Å². The second-order valence-corrected chi connectivity index (χ2v) is 3.64. The van der Waals surface area contributed by atoms with Gasteiger partial charge in [-0.3, -0.25) is 4.79 Å². The summed E-state index contributed by atoms with van der Waals surface area (Å²) in [4.78, 5) is 10.7. The molecule has 0 spiro atoms. The van der Waals surface area contributed by atoms with Crippen molar-refractivity contribution in [2.24, 2.45) is 0 Å². The van der Waals surface area contributed by atoms with Gasteiger partial charge in [0.05, 0.1) is 20.8 Å². The van der Waals surface area contributed by atoms with Crippen molar-refractivity contribution in [2.45, 2.75) is 6.42 Å². The lowest BCUT2D eigenvalue weighted by atomic mass is 10.2. The van der Waals surface area contributed by atoms with Gasteiger partial charge in [0, 0.05) is 11.4 Å². The summed E-state index contributed by atoms with van der Waals surface area (Å²) in [5.41, 5.74) is 0.475. The normalized spacial score (nSPS) is 9.82. The van der Waals surface area contributed by atoms with E-state index in [9.17, 15) is 4.79 Å². The summed E-state index contributed by atoms with van der Waals surface area (Å²) >= 11 is 5.57. The number of carbonyl (C=O) groups is 1. The first-order chi connectivity index (χ1) is 8.26. The Bertz CT molecular complexity index is 354. The maximum absolute atomic E-state index is 10.7. The lowest BCUT2D eigenvalue weighted by Gasteiger charge is -2.14. The van der Waals surface area contributed by atoms with Crippen molar-refractivity contribution in [3.05, 3.63) is 17.7 Å². The summed E-state index contributed by atoms with van der Waals surface area (Å²) in [6.07, 6.45) is 1.46. The van der Waals surface area contributed by atoms with Crippen LogP contribution in [0.4, 0.5) is 0 Å². The number of ether oxygens (including phenoxy) is 3. The van der Waals surface area contributed by atoms with Crippen LogP contribution in [-0.2, 0) is 0 Å². The van der Waals surface area contributed by atoms with Crippen molar-refractivity contribution in [1.82, 2.24) is 0 Å². The number of methoxy groups -OCH3 is 2. The van der Waals surface area contributed by atoms with Crippen molar-refractivity contribution in [2.75, 3.05) is 26.7 Å². The van der Waals surface area contributed by atoms with Crippen molar-refractivity contribution < 1.29 is 19.0 Å². The number of rotatable bonds is 7. The van der Waals surface area contributed by atoms with E-state index in [4.69, 9.17) is 25.8 Å². The highest BCUT2D eigenvalue weighted by Crippen LogP contribution is 2.38. The molecule has 5 heteroatoms. The van der Waals surface area contributed by atoms with Crippen molar-refractivity contribution >= 4 is 17.9 Å². The van der Waals surface area contributed by atoms with E-state index in [1.807, 2.05) is 0 Å². The zero-order chi connectivity index (χ0) is 12.7. The van der Waals surface area contributed by atoms with Gasteiger partial charge in [-0.1, -0.05) is 0 Å².